The van der Waals surface area contributed by atoms with Gasteiger partial charge in [0.1, 0.15) is 11.5 Å². The maximum absolute atomic E-state index is 10.7. The average molecular weight is 587 g/mol. The van der Waals surface area contributed by atoms with Gasteiger partial charge in [0.2, 0.25) is 0 Å². The number of hydrogen-bond acceptors (Lipinski definition) is 3. The van der Waals surface area contributed by atoms with Crippen LogP contribution in [0.3, 0.4) is 0 Å². The van der Waals surface area contributed by atoms with Crippen molar-refractivity contribution in [3.05, 3.63) is 77.9 Å². The van der Waals surface area contributed by atoms with Gasteiger partial charge in [0.05, 0.1) is 5.92 Å². The molecule has 27 heavy (non-hydrogen) atoms. The monoisotopic (exact) mass is 584 g/mol. The molecule has 142 valence electrons. The minimum absolute atomic E-state index is 0.239. The molecule has 3 aromatic rings. The van der Waals surface area contributed by atoms with Crippen molar-refractivity contribution >= 4 is 61.8 Å². The number of rotatable bonds is 3. The van der Waals surface area contributed by atoms with E-state index in [2.05, 4.69) is 31.9 Å². The number of aromatic hydroxyl groups is 2. The van der Waals surface area contributed by atoms with Crippen molar-refractivity contribution in [1.29, 1.82) is 0 Å². The molecule has 2 N–H and O–H groups in total. The molecule has 0 saturated carbocycles. The molecule has 0 aliphatic carbocycles. The van der Waals surface area contributed by atoms with Gasteiger partial charge in [-0.1, -0.05) is 37.9 Å². The summed E-state index contributed by atoms with van der Waals surface area (Å²) in [7, 11) is 9.78. The molecule has 0 amide bonds. The van der Waals surface area contributed by atoms with Crippen molar-refractivity contribution in [3.8, 4) is 11.5 Å². The first-order chi connectivity index (χ1) is 12.8. The number of halogens is 4. The Labute approximate surface area is 196 Å². The van der Waals surface area contributed by atoms with E-state index in [1.165, 1.54) is 0 Å². The van der Waals surface area contributed by atoms with Gasteiger partial charge in [-0.05, 0) is 60.7 Å². The van der Waals surface area contributed by atoms with E-state index in [1.807, 2.05) is 55.6 Å². The van der Waals surface area contributed by atoms with Gasteiger partial charge >= 0.3 is 35.6 Å². The van der Waals surface area contributed by atoms with E-state index in [4.69, 9.17) is 18.6 Å². The fraction of sp³-hybridized carbons (Fsp3) is 0.158. The molecule has 0 saturated heterocycles. The number of aryl methyl sites for hydroxylation is 2. The molecule has 0 unspecified atom stereocenters. The van der Waals surface area contributed by atoms with Gasteiger partial charge < -0.3 is 10.2 Å². The van der Waals surface area contributed by atoms with Crippen molar-refractivity contribution in [2.24, 2.45) is 0 Å². The molecule has 3 rings (SSSR count). The summed E-state index contributed by atoms with van der Waals surface area (Å²) in [5.74, 6) is 0.277. The molecular weight excluding hydrogens is 571 g/mol. The Morgan fingerprint density at radius 3 is 1.74 bits per heavy atom. The van der Waals surface area contributed by atoms with Gasteiger partial charge in [0.25, 0.3) is 0 Å². The van der Waals surface area contributed by atoms with Crippen molar-refractivity contribution in [3.63, 3.8) is 0 Å². The molecule has 1 aromatic heterocycles. The first-order valence-electron chi connectivity index (χ1n) is 7.77. The zero-order chi connectivity index (χ0) is 20.1. The van der Waals surface area contributed by atoms with Crippen molar-refractivity contribution in [2.45, 2.75) is 19.8 Å². The van der Waals surface area contributed by atoms with Crippen LogP contribution in [0.25, 0.3) is 0 Å². The summed E-state index contributed by atoms with van der Waals surface area (Å²) in [5, 5.41) is 23.4. The molecule has 0 fully saturated rings. The molecule has 0 bridgehead atoms. The Morgan fingerprint density at radius 1 is 0.926 bits per heavy atom. The summed E-state index contributed by atoms with van der Waals surface area (Å²) in [4.78, 5) is 1.07. The van der Waals surface area contributed by atoms with Crippen LogP contribution in [-0.4, -0.2) is 10.2 Å². The van der Waals surface area contributed by atoms with E-state index in [0.717, 1.165) is 36.1 Å². The molecule has 0 spiro atoms. The second-order valence-corrected chi connectivity index (χ2v) is 11.2. The van der Waals surface area contributed by atoms with E-state index in [-0.39, 0.29) is 17.4 Å². The van der Waals surface area contributed by atoms with Gasteiger partial charge in [0.15, 0.2) is 0 Å². The number of phenols is 2. The van der Waals surface area contributed by atoms with Crippen molar-refractivity contribution < 1.29 is 27.2 Å². The predicted octanol–water partition coefficient (Wildman–Crippen LogP) is 7.86. The molecule has 2 aromatic carbocycles. The zero-order valence-corrected chi connectivity index (χ0v) is 21.5. The van der Waals surface area contributed by atoms with Gasteiger partial charge in [-0.2, -0.15) is 0 Å². The molecule has 0 atom stereocenters. The van der Waals surface area contributed by atoms with Crippen molar-refractivity contribution in [1.82, 2.24) is 0 Å². The minimum atomic E-state index is -0.556. The van der Waals surface area contributed by atoms with E-state index in [1.54, 1.807) is 11.3 Å². The fourth-order valence-corrected chi connectivity index (χ4v) is 4.93. The second-order valence-electron chi connectivity index (χ2n) is 5.84. The average Bonchev–Trinajstić information content (AvgIpc) is 3.11. The number of phenolic OH excluding ortho intramolecular Hbond substituents is 2. The molecule has 8 heteroatoms. The van der Waals surface area contributed by atoms with Crippen LogP contribution in [-0.2, 0) is 17.0 Å². The van der Waals surface area contributed by atoms with Gasteiger partial charge in [-0.15, -0.1) is 11.3 Å². The van der Waals surface area contributed by atoms with Crippen LogP contribution >= 0.6 is 61.8 Å². The third-order valence-corrected chi connectivity index (χ3v) is 5.89. The van der Waals surface area contributed by atoms with Crippen LogP contribution in [0, 0.1) is 13.8 Å². The molecule has 0 aliphatic heterocycles. The first kappa shape index (κ1) is 23.3. The third-order valence-electron chi connectivity index (χ3n) is 4.04. The number of thiophene rings is 1. The topological polar surface area (TPSA) is 40.5 Å². The zero-order valence-electron chi connectivity index (χ0n) is 14.4. The fourth-order valence-electron chi connectivity index (χ4n) is 2.89. The normalized spacial score (nSPS) is 10.5. The predicted molar refractivity (Wildman–Crippen MR) is 118 cm³/mol. The van der Waals surface area contributed by atoms with E-state index in [9.17, 15) is 10.2 Å². The van der Waals surface area contributed by atoms with Crippen LogP contribution < -0.4 is 0 Å². The Bertz CT molecular complexity index is 863. The SMILES string of the molecule is Cc1cc(Br)cc(C(c2cccs2)c2cc(Br)cc(C)c2O)c1O.[Cl][Ti][Cl]. The molecule has 0 radical (unpaired) electrons. The Hall–Kier alpha value is -0.00571. The van der Waals surface area contributed by atoms with Gasteiger partial charge in [-0.3, -0.25) is 0 Å². The van der Waals surface area contributed by atoms with Gasteiger partial charge in [-0.25, -0.2) is 0 Å². The Balaban J connectivity index is 0.000000817. The van der Waals surface area contributed by atoms with Crippen LogP contribution in [0.1, 0.15) is 33.0 Å². The first-order valence-corrected chi connectivity index (χ1v) is 14.5. The Morgan fingerprint density at radius 2 is 1.37 bits per heavy atom. The van der Waals surface area contributed by atoms with Crippen LogP contribution in [0.4, 0.5) is 0 Å². The summed E-state index contributed by atoms with van der Waals surface area (Å²) in [5.41, 5.74) is 3.15. The van der Waals surface area contributed by atoms with E-state index in [0.29, 0.717) is 0 Å². The summed E-state index contributed by atoms with van der Waals surface area (Å²) in [6.07, 6.45) is 0. The quantitative estimate of drug-likeness (QED) is 0.307. The van der Waals surface area contributed by atoms with Crippen molar-refractivity contribution in [2.75, 3.05) is 0 Å². The summed E-state index contributed by atoms with van der Waals surface area (Å²) in [6, 6.07) is 11.6. The van der Waals surface area contributed by atoms with E-state index < -0.39 is 17.0 Å². The number of hydrogen-bond donors (Lipinski definition) is 2. The molecule has 0 aliphatic rings. The molecule has 1 heterocycles. The maximum atomic E-state index is 10.7. The summed E-state index contributed by atoms with van der Waals surface area (Å²) in [6.45, 7) is 3.75. The van der Waals surface area contributed by atoms with Crippen LogP contribution in [0.15, 0.2) is 50.7 Å². The Kier molecular flexibility index (Phi) is 9.21. The molecular formula is C19H16Br2Cl2O2STi. The number of benzene rings is 2. The third kappa shape index (κ3) is 5.76. The van der Waals surface area contributed by atoms with Crippen LogP contribution in [0.2, 0.25) is 0 Å². The summed E-state index contributed by atoms with van der Waals surface area (Å²) >= 11 is 8.09. The summed E-state index contributed by atoms with van der Waals surface area (Å²) < 4.78 is 1.81. The van der Waals surface area contributed by atoms with Crippen LogP contribution in [0.5, 0.6) is 11.5 Å². The van der Waals surface area contributed by atoms with Gasteiger partial charge in [0, 0.05) is 24.9 Å². The standard InChI is InChI=1S/C19H16Br2O2S.2ClH.Ti/c1-10-6-12(20)8-14(18(10)22)17(16-4-3-5-24-16)15-9-13(21)7-11(2)19(15)23;;;/h3-9,17,22-23H,1-2H3;2*1H;/q;;;+2/p-2. The molecule has 2 nitrogen and oxygen atoms in total. The van der Waals surface area contributed by atoms with E-state index >= 15 is 0 Å². The second kappa shape index (κ2) is 10.7.